The van der Waals surface area contributed by atoms with E-state index in [0.717, 1.165) is 17.5 Å². The molecule has 0 saturated heterocycles. The standard InChI is InChI=1S/C64H97N11O20/c1-5-18-75(95-6-2)62(81)50-39-49-12-11-48(40-54(49)72-55(65)41-50)51-42-68-56(69-43-51)44-70-64(83)94-45-47-9-13-52(14-10-47)71-60(79)53(8-7-17-67-63(66)82)73-61(80)59(46(3)4)74-57(76)15-19-84-21-23-86-25-27-88-29-31-90-33-35-92-37-38-93-36-34-91-32-30-89-28-26-87-24-22-85-20-16-58(77)78/h9-14,39-40,42-43,46,53,59H,5-8,15-38,41,44-45H2,1-4H3,(H2,65,72)(H,70,83)(H,71,79)(H,73,80)(H,74,76)(H,77,78)(H3,66,67,82)/t53-,59-/m0/s1. The molecule has 7 amide bonds. The highest BCUT2D eigenvalue weighted by Crippen LogP contribution is 2.32. The third-order valence-corrected chi connectivity index (χ3v) is 13.4. The van der Waals surface area contributed by atoms with Crippen LogP contribution in [-0.4, -0.2) is 232 Å². The van der Waals surface area contributed by atoms with E-state index in [1.807, 2.05) is 32.0 Å². The number of hydroxylamine groups is 2. The summed E-state index contributed by atoms with van der Waals surface area (Å²) in [5.74, 6) is -2.45. The van der Waals surface area contributed by atoms with Crippen LogP contribution in [0.5, 0.6) is 0 Å². The summed E-state index contributed by atoms with van der Waals surface area (Å²) in [6, 6.07) is 9.31. The van der Waals surface area contributed by atoms with Gasteiger partial charge in [0.2, 0.25) is 17.7 Å². The van der Waals surface area contributed by atoms with E-state index < -0.39 is 47.9 Å². The Hall–Kier alpha value is -7.82. The lowest BCUT2D eigenvalue weighted by atomic mass is 10.0. The van der Waals surface area contributed by atoms with Gasteiger partial charge < -0.3 is 95.3 Å². The number of aliphatic imine (C=N–C) groups is 1. The van der Waals surface area contributed by atoms with Crippen LogP contribution in [0, 0.1) is 5.92 Å². The van der Waals surface area contributed by atoms with Crippen molar-refractivity contribution in [3.63, 3.8) is 0 Å². The number of aromatic nitrogens is 2. The number of benzene rings is 2. The van der Waals surface area contributed by atoms with E-state index in [1.54, 1.807) is 56.6 Å². The van der Waals surface area contributed by atoms with E-state index in [1.165, 1.54) is 5.06 Å². The van der Waals surface area contributed by atoms with Gasteiger partial charge in [-0.3, -0.25) is 28.8 Å². The smallest absolute Gasteiger partial charge is 0.407 e. The molecule has 95 heavy (non-hydrogen) atoms. The number of carboxylic acids is 1. The minimum Gasteiger partial charge on any atom is -0.481 e. The fraction of sp³-hybridized carbons (Fsp3) is 0.594. The fourth-order valence-electron chi connectivity index (χ4n) is 8.55. The third kappa shape index (κ3) is 35.5. The molecule has 3 aromatic rings. The number of anilines is 1. The summed E-state index contributed by atoms with van der Waals surface area (Å²) in [5, 5.41) is 23.3. The number of primary amides is 1. The van der Waals surface area contributed by atoms with E-state index in [0.29, 0.717) is 153 Å². The Bertz CT molecular complexity index is 2790. The Morgan fingerprint density at radius 3 is 1.66 bits per heavy atom. The number of nitrogens with two attached hydrogens (primary N) is 2. The maximum atomic E-state index is 13.7. The number of hydrogen-bond acceptors (Lipinski definition) is 23. The summed E-state index contributed by atoms with van der Waals surface area (Å²) in [6.07, 6.45) is 5.55. The number of aliphatic carboxylic acids is 1. The summed E-state index contributed by atoms with van der Waals surface area (Å²) in [5.41, 5.74) is 15.7. The molecule has 31 nitrogen and oxygen atoms in total. The fourth-order valence-corrected chi connectivity index (χ4v) is 8.55. The molecule has 0 spiro atoms. The van der Waals surface area contributed by atoms with Crippen molar-refractivity contribution >= 4 is 65.0 Å². The van der Waals surface area contributed by atoms with Gasteiger partial charge in [0.05, 0.1) is 157 Å². The van der Waals surface area contributed by atoms with Crippen LogP contribution in [0.25, 0.3) is 17.2 Å². The first-order valence-electron chi connectivity index (χ1n) is 31.9. The van der Waals surface area contributed by atoms with Crippen molar-refractivity contribution in [2.24, 2.45) is 22.4 Å². The molecule has 1 aromatic heterocycles. The molecule has 0 unspecified atom stereocenters. The Morgan fingerprint density at radius 2 is 1.17 bits per heavy atom. The van der Waals surface area contributed by atoms with Crippen LogP contribution in [0.1, 0.15) is 83.2 Å². The van der Waals surface area contributed by atoms with Crippen molar-refractivity contribution in [1.29, 1.82) is 0 Å². The second-order valence-corrected chi connectivity index (χ2v) is 21.4. The highest BCUT2D eigenvalue weighted by atomic mass is 16.7. The predicted octanol–water partition coefficient (Wildman–Crippen LogP) is 3.58. The molecular formula is C64H97N11O20. The molecule has 10 N–H and O–H groups in total. The minimum absolute atomic E-state index is 0.0181. The Morgan fingerprint density at radius 1 is 0.642 bits per heavy atom. The van der Waals surface area contributed by atoms with E-state index >= 15 is 0 Å². The minimum atomic E-state index is -1.07. The van der Waals surface area contributed by atoms with Crippen LogP contribution >= 0.6 is 0 Å². The van der Waals surface area contributed by atoms with Gasteiger partial charge in [-0.15, -0.1) is 0 Å². The molecule has 2 aromatic carbocycles. The van der Waals surface area contributed by atoms with Crippen LogP contribution < -0.4 is 38.1 Å². The van der Waals surface area contributed by atoms with Crippen LogP contribution in [0.2, 0.25) is 0 Å². The zero-order valence-corrected chi connectivity index (χ0v) is 55.1. The van der Waals surface area contributed by atoms with Gasteiger partial charge in [0.15, 0.2) is 0 Å². The number of ether oxygens (including phenoxy) is 11. The third-order valence-electron chi connectivity index (χ3n) is 13.4. The molecule has 4 rings (SSSR count). The summed E-state index contributed by atoms with van der Waals surface area (Å²) < 4.78 is 59.9. The zero-order chi connectivity index (χ0) is 68.7. The number of carbonyl (C=O) groups excluding carboxylic acids is 6. The average Bonchev–Trinajstić information content (AvgIpc) is 1.77. The van der Waals surface area contributed by atoms with Gasteiger partial charge in [-0.25, -0.2) is 29.6 Å². The Balaban J connectivity index is 1.05. The molecule has 0 aliphatic carbocycles. The molecule has 2 heterocycles. The molecule has 2 atom stereocenters. The van der Waals surface area contributed by atoms with Crippen LogP contribution in [0.3, 0.4) is 0 Å². The van der Waals surface area contributed by atoms with Gasteiger partial charge in [-0.1, -0.05) is 45.0 Å². The first-order valence-corrected chi connectivity index (χ1v) is 31.9. The molecule has 1 aliphatic rings. The molecule has 0 radical (unpaired) electrons. The SMILES string of the molecule is CCCN(OCC)C(=O)C1=Cc2ccc(-c3cnc(CNC(=O)OCc4ccc(NC(=O)[C@H](CCCNC(N)=O)NC(=O)[C@@H](NC(=O)CCOCCOCCOCCOCCOCCOCCOCCOCCOCCOCCC(=O)O)C(C)C)cc4)nc3)cc2N=C(N)C1. The quantitative estimate of drug-likeness (QED) is 0.0296. The number of nitrogens with one attached hydrogen (secondary N) is 5. The maximum absolute atomic E-state index is 13.7. The number of amides is 7. The van der Waals surface area contributed by atoms with Gasteiger partial charge in [0.25, 0.3) is 5.91 Å². The number of fused-ring (bicyclic) bond motifs is 1. The lowest BCUT2D eigenvalue weighted by molar-refractivity contribution is -0.180. The highest BCUT2D eigenvalue weighted by molar-refractivity contribution is 6.05. The van der Waals surface area contributed by atoms with Crippen LogP contribution in [0.15, 0.2) is 65.4 Å². The molecule has 0 bridgehead atoms. The largest absolute Gasteiger partial charge is 0.481 e. The molecular weight excluding hydrogens is 1240 g/mol. The van der Waals surface area contributed by atoms with E-state index in [9.17, 15) is 33.6 Å². The number of nitrogens with zero attached hydrogens (tertiary/aromatic N) is 4. The van der Waals surface area contributed by atoms with Gasteiger partial charge in [-0.2, -0.15) is 0 Å². The molecule has 31 heteroatoms. The monoisotopic (exact) mass is 1340 g/mol. The zero-order valence-electron chi connectivity index (χ0n) is 55.1. The van der Waals surface area contributed by atoms with E-state index in [4.69, 9.17) is 73.5 Å². The van der Waals surface area contributed by atoms with Crippen LogP contribution in [-0.2, 0) is 94.1 Å². The van der Waals surface area contributed by atoms with Crippen molar-refractivity contribution in [3.05, 3.63) is 77.4 Å². The molecule has 0 saturated carbocycles. The number of hydrogen-bond donors (Lipinski definition) is 8. The first kappa shape index (κ1) is 79.6. The summed E-state index contributed by atoms with van der Waals surface area (Å²) in [4.78, 5) is 107. The van der Waals surface area contributed by atoms with Crippen molar-refractivity contribution < 1.29 is 95.6 Å². The topological polar surface area (TPSA) is 404 Å². The molecule has 528 valence electrons. The number of alkyl carbamates (subject to hydrolysis) is 1. The predicted molar refractivity (Wildman–Crippen MR) is 348 cm³/mol. The van der Waals surface area contributed by atoms with Crippen molar-refractivity contribution in [2.45, 2.75) is 91.5 Å². The number of rotatable bonds is 53. The normalized spacial score (nSPS) is 12.6. The Labute approximate surface area is 554 Å². The lowest BCUT2D eigenvalue weighted by Gasteiger charge is -2.25. The second-order valence-electron chi connectivity index (χ2n) is 21.4. The van der Waals surface area contributed by atoms with Crippen molar-refractivity contribution in [2.75, 3.05) is 157 Å². The number of carbonyl (C=O) groups is 7. The van der Waals surface area contributed by atoms with Crippen molar-refractivity contribution in [3.8, 4) is 11.1 Å². The summed E-state index contributed by atoms with van der Waals surface area (Å²) in [6.45, 7) is 15.3. The summed E-state index contributed by atoms with van der Waals surface area (Å²) in [7, 11) is 0. The van der Waals surface area contributed by atoms with Crippen molar-refractivity contribution in [1.82, 2.24) is 36.3 Å². The van der Waals surface area contributed by atoms with Gasteiger partial charge in [0.1, 0.15) is 30.4 Å². The van der Waals surface area contributed by atoms with Gasteiger partial charge >= 0.3 is 18.1 Å². The van der Waals surface area contributed by atoms with Gasteiger partial charge in [0, 0.05) is 60.7 Å². The van der Waals surface area contributed by atoms with Gasteiger partial charge in [-0.05, 0) is 67.5 Å². The summed E-state index contributed by atoms with van der Waals surface area (Å²) >= 11 is 0. The van der Waals surface area contributed by atoms with Crippen LogP contribution in [0.4, 0.5) is 21.0 Å². The lowest BCUT2D eigenvalue weighted by Crippen LogP contribution is -2.54. The first-order chi connectivity index (χ1) is 46.1. The second kappa shape index (κ2) is 48.8. The number of carboxylic acid groups (broad SMARTS) is 1. The van der Waals surface area contributed by atoms with E-state index in [2.05, 4.69) is 41.5 Å². The Kier molecular flexibility index (Phi) is 40.9. The maximum Gasteiger partial charge on any atom is 0.407 e. The number of amidine groups is 1. The number of urea groups is 1. The molecule has 0 fully saturated rings. The average molecular weight is 1340 g/mol. The highest BCUT2D eigenvalue weighted by Gasteiger charge is 2.29. The molecule has 1 aliphatic heterocycles. The van der Waals surface area contributed by atoms with E-state index in [-0.39, 0.29) is 95.9 Å².